The van der Waals surface area contributed by atoms with E-state index in [4.69, 9.17) is 11.6 Å². The summed E-state index contributed by atoms with van der Waals surface area (Å²) in [4.78, 5) is 29.0. The molecule has 0 saturated carbocycles. The van der Waals surface area contributed by atoms with Crippen LogP contribution in [0.5, 0.6) is 0 Å². The Morgan fingerprint density at radius 3 is 2.18 bits per heavy atom. The summed E-state index contributed by atoms with van der Waals surface area (Å²) in [7, 11) is -3.86. The number of nitrogens with one attached hydrogen (secondary N) is 1. The number of nitrogens with zero attached hydrogens (tertiary/aromatic N) is 2. The summed E-state index contributed by atoms with van der Waals surface area (Å²) in [5.41, 5.74) is 2.73. The predicted molar refractivity (Wildman–Crippen MR) is 160 cm³/mol. The highest BCUT2D eigenvalue weighted by molar-refractivity contribution is 9.10. The molecule has 0 bridgehead atoms. The molecule has 10 heteroatoms. The fraction of sp³-hybridized carbons (Fsp3) is 0.310. The molecular weight excluding hydrogens is 602 g/mol. The van der Waals surface area contributed by atoms with Gasteiger partial charge in [-0.05, 0) is 61.7 Å². The molecule has 0 aliphatic carbocycles. The third kappa shape index (κ3) is 8.81. The van der Waals surface area contributed by atoms with E-state index in [1.165, 1.54) is 11.0 Å². The van der Waals surface area contributed by atoms with Gasteiger partial charge in [0.15, 0.2) is 0 Å². The van der Waals surface area contributed by atoms with Gasteiger partial charge in [0.25, 0.3) is 0 Å². The maximum Gasteiger partial charge on any atom is 0.244 e. The van der Waals surface area contributed by atoms with Crippen molar-refractivity contribution in [2.75, 3.05) is 17.1 Å². The van der Waals surface area contributed by atoms with Crippen molar-refractivity contribution in [3.05, 3.63) is 99.0 Å². The molecule has 0 aliphatic rings. The van der Waals surface area contributed by atoms with Crippen molar-refractivity contribution in [3.8, 4) is 0 Å². The molecule has 0 saturated heterocycles. The summed E-state index contributed by atoms with van der Waals surface area (Å²) in [5, 5.41) is 3.32. The Hall–Kier alpha value is -2.88. The third-order valence-corrected chi connectivity index (χ3v) is 8.17. The van der Waals surface area contributed by atoms with E-state index in [0.29, 0.717) is 5.02 Å². The molecule has 208 valence electrons. The highest BCUT2D eigenvalue weighted by atomic mass is 79.9. The quantitative estimate of drug-likeness (QED) is 0.309. The Labute approximate surface area is 244 Å². The lowest BCUT2D eigenvalue weighted by molar-refractivity contribution is -0.140. The van der Waals surface area contributed by atoms with Crippen LogP contribution in [0.4, 0.5) is 5.69 Å². The molecule has 0 spiro atoms. The lowest BCUT2D eigenvalue weighted by Crippen LogP contribution is -2.54. The summed E-state index contributed by atoms with van der Waals surface area (Å²) < 4.78 is 27.6. The lowest BCUT2D eigenvalue weighted by atomic mass is 10.0. The molecule has 1 atom stereocenters. The normalized spacial score (nSPS) is 12.2. The van der Waals surface area contributed by atoms with Gasteiger partial charge in [0.2, 0.25) is 21.8 Å². The third-order valence-electron chi connectivity index (χ3n) is 6.09. The molecule has 0 aliphatic heterocycles. The molecule has 0 heterocycles. The second-order valence-corrected chi connectivity index (χ2v) is 12.9. The molecule has 7 nitrogen and oxygen atoms in total. The maximum atomic E-state index is 14.0. The minimum absolute atomic E-state index is 0.112. The van der Waals surface area contributed by atoms with Crippen molar-refractivity contribution >= 4 is 55.1 Å². The number of benzene rings is 3. The van der Waals surface area contributed by atoms with E-state index in [1.807, 2.05) is 75.4 Å². The van der Waals surface area contributed by atoms with Crippen LogP contribution in [0.1, 0.15) is 30.5 Å². The average molecular weight is 635 g/mol. The van der Waals surface area contributed by atoms with Gasteiger partial charge in [-0.1, -0.05) is 76.1 Å². The first-order chi connectivity index (χ1) is 18.3. The summed E-state index contributed by atoms with van der Waals surface area (Å²) in [6.07, 6.45) is 1.30. The van der Waals surface area contributed by atoms with E-state index in [1.54, 1.807) is 12.1 Å². The van der Waals surface area contributed by atoms with E-state index in [2.05, 4.69) is 21.2 Å². The first-order valence-corrected chi connectivity index (χ1v) is 15.5. The Morgan fingerprint density at radius 1 is 0.974 bits per heavy atom. The Morgan fingerprint density at radius 2 is 1.62 bits per heavy atom. The van der Waals surface area contributed by atoms with Crippen LogP contribution in [0.3, 0.4) is 0 Å². The predicted octanol–water partition coefficient (Wildman–Crippen LogP) is 5.34. The topological polar surface area (TPSA) is 86.8 Å². The van der Waals surface area contributed by atoms with Gasteiger partial charge in [0.05, 0.1) is 11.9 Å². The first kappa shape index (κ1) is 30.7. The molecular formula is C29H33BrClN3O4S. The number of aryl methyl sites for hydroxylation is 1. The van der Waals surface area contributed by atoms with Crippen molar-refractivity contribution in [2.24, 2.45) is 0 Å². The van der Waals surface area contributed by atoms with Gasteiger partial charge in [-0.25, -0.2) is 8.42 Å². The second-order valence-electron chi connectivity index (χ2n) is 9.72. The molecule has 1 N–H and O–H groups in total. The molecule has 39 heavy (non-hydrogen) atoms. The number of amides is 2. The van der Waals surface area contributed by atoms with Gasteiger partial charge in [-0.3, -0.25) is 13.9 Å². The van der Waals surface area contributed by atoms with Gasteiger partial charge < -0.3 is 10.2 Å². The van der Waals surface area contributed by atoms with Crippen LogP contribution >= 0.6 is 27.5 Å². The highest BCUT2D eigenvalue weighted by Gasteiger charge is 2.33. The van der Waals surface area contributed by atoms with Crippen LogP contribution < -0.4 is 9.62 Å². The number of rotatable bonds is 11. The molecule has 2 amide bonds. The van der Waals surface area contributed by atoms with Crippen molar-refractivity contribution in [1.29, 1.82) is 0 Å². The molecule has 3 rings (SSSR count). The van der Waals surface area contributed by atoms with Crippen LogP contribution in [-0.2, 0) is 32.6 Å². The number of carbonyl (C=O) groups excluding carboxylic acids is 2. The van der Waals surface area contributed by atoms with Crippen molar-refractivity contribution < 1.29 is 18.0 Å². The molecule has 3 aromatic rings. The number of sulfonamides is 1. The highest BCUT2D eigenvalue weighted by Crippen LogP contribution is 2.26. The minimum Gasteiger partial charge on any atom is -0.352 e. The van der Waals surface area contributed by atoms with Gasteiger partial charge in [0, 0.05) is 28.5 Å². The number of halogens is 2. The van der Waals surface area contributed by atoms with Gasteiger partial charge >= 0.3 is 0 Å². The van der Waals surface area contributed by atoms with Crippen LogP contribution in [0.15, 0.2) is 77.3 Å². The maximum absolute atomic E-state index is 14.0. The number of anilines is 1. The minimum atomic E-state index is -3.86. The Kier molecular flexibility index (Phi) is 10.6. The van der Waals surface area contributed by atoms with Crippen molar-refractivity contribution in [3.63, 3.8) is 0 Å². The first-order valence-electron chi connectivity index (χ1n) is 12.5. The van der Waals surface area contributed by atoms with Crippen LogP contribution in [-0.4, -0.2) is 50.0 Å². The summed E-state index contributed by atoms with van der Waals surface area (Å²) >= 11 is 9.71. The summed E-state index contributed by atoms with van der Waals surface area (Å²) in [5.74, 6) is -0.830. The zero-order valence-corrected chi connectivity index (χ0v) is 25.6. The molecule has 0 radical (unpaired) electrons. The molecule has 0 fully saturated rings. The largest absolute Gasteiger partial charge is 0.352 e. The SMILES string of the molecule is Cc1ccc(N(CC(=O)N(Cc2ccc(Br)cc2)[C@@H](Cc2ccccc2)C(=O)NC(C)C)S(C)(=O)=O)cc1Cl. The Balaban J connectivity index is 2.06. The van der Waals surface area contributed by atoms with Gasteiger partial charge in [-0.15, -0.1) is 0 Å². The van der Waals surface area contributed by atoms with E-state index in [9.17, 15) is 18.0 Å². The zero-order chi connectivity index (χ0) is 28.7. The fourth-order valence-electron chi connectivity index (χ4n) is 4.07. The smallest absolute Gasteiger partial charge is 0.244 e. The van der Waals surface area contributed by atoms with Gasteiger partial charge in [0.1, 0.15) is 12.6 Å². The van der Waals surface area contributed by atoms with E-state index in [0.717, 1.165) is 31.7 Å². The van der Waals surface area contributed by atoms with Gasteiger partial charge in [-0.2, -0.15) is 0 Å². The standard InChI is InChI=1S/C29H33BrClN3O4S/c1-20(2)32-29(36)27(16-22-8-6-5-7-9-22)33(18-23-11-13-24(30)14-12-23)28(35)19-34(39(4,37)38)25-15-10-21(3)26(31)17-25/h5-15,17,20,27H,16,18-19H2,1-4H3,(H,32,36)/t27-/m0/s1. The van der Waals surface area contributed by atoms with Crippen LogP contribution in [0.2, 0.25) is 5.02 Å². The molecule has 3 aromatic carbocycles. The fourth-order valence-corrected chi connectivity index (χ4v) is 5.35. The van der Waals surface area contributed by atoms with Crippen molar-refractivity contribution in [2.45, 2.75) is 45.8 Å². The molecule has 0 aromatic heterocycles. The second kappa shape index (κ2) is 13.5. The average Bonchev–Trinajstić information content (AvgIpc) is 2.87. The Bertz CT molecular complexity index is 1400. The monoisotopic (exact) mass is 633 g/mol. The molecule has 0 unspecified atom stereocenters. The van der Waals surface area contributed by atoms with Crippen LogP contribution in [0.25, 0.3) is 0 Å². The zero-order valence-electron chi connectivity index (χ0n) is 22.4. The van der Waals surface area contributed by atoms with E-state index >= 15 is 0 Å². The number of hydrogen-bond acceptors (Lipinski definition) is 4. The summed E-state index contributed by atoms with van der Waals surface area (Å²) in [6.45, 7) is 5.13. The lowest BCUT2D eigenvalue weighted by Gasteiger charge is -2.34. The van der Waals surface area contributed by atoms with E-state index in [-0.39, 0.29) is 30.6 Å². The number of carbonyl (C=O) groups is 2. The number of hydrogen-bond donors (Lipinski definition) is 1. The summed E-state index contributed by atoms with van der Waals surface area (Å²) in [6, 6.07) is 20.7. The van der Waals surface area contributed by atoms with Crippen LogP contribution in [0, 0.1) is 6.92 Å². The van der Waals surface area contributed by atoms with Crippen molar-refractivity contribution in [1.82, 2.24) is 10.2 Å². The van der Waals surface area contributed by atoms with E-state index < -0.39 is 28.5 Å².